The highest BCUT2D eigenvalue weighted by Gasteiger charge is 2.44. The maximum absolute atomic E-state index is 13.8. The Balaban J connectivity index is 0.00000320. The lowest BCUT2D eigenvalue weighted by molar-refractivity contribution is -0.156. The Morgan fingerprint density at radius 1 is 0.924 bits per heavy atom. The number of amides is 3. The van der Waals surface area contributed by atoms with Crippen molar-refractivity contribution in [1.29, 1.82) is 0 Å². The van der Waals surface area contributed by atoms with Crippen molar-refractivity contribution in [2.75, 3.05) is 70.7 Å². The van der Waals surface area contributed by atoms with E-state index in [-0.39, 0.29) is 41.9 Å². The number of fused-ring (bicyclic) bond motifs is 2. The summed E-state index contributed by atoms with van der Waals surface area (Å²) in [4.78, 5) is 68.1. The average molecular weight is 908 g/mol. The van der Waals surface area contributed by atoms with Crippen molar-refractivity contribution in [1.82, 2.24) is 44.1 Å². The van der Waals surface area contributed by atoms with Crippen molar-refractivity contribution < 1.29 is 37.8 Å². The summed E-state index contributed by atoms with van der Waals surface area (Å²) in [5.74, 6) is -0.0710. The molecule has 21 nitrogen and oxygen atoms in total. The number of nitrogens with one attached hydrogen (secondary N) is 3. The van der Waals surface area contributed by atoms with Crippen molar-refractivity contribution in [3.05, 3.63) is 82.3 Å². The Morgan fingerprint density at radius 3 is 2.23 bits per heavy atom. The lowest BCUT2D eigenvalue weighted by Crippen LogP contribution is -2.69. The molecule has 0 radical (unpaired) electrons. The quantitative estimate of drug-likeness (QED) is 0.0470. The van der Waals surface area contributed by atoms with Crippen LogP contribution in [0.25, 0.3) is 22.1 Å². The zero-order chi connectivity index (χ0) is 47.1. The monoisotopic (exact) mass is 907 g/mol. The minimum absolute atomic E-state index is 0.0773. The predicted molar refractivity (Wildman–Crippen MR) is 246 cm³/mol. The summed E-state index contributed by atoms with van der Waals surface area (Å²) in [6.45, 7) is 13.4. The topological polar surface area (TPSA) is 267 Å². The maximum Gasteiger partial charge on any atom is 0.295 e. The zero-order valence-corrected chi connectivity index (χ0v) is 38.1. The Bertz CT molecular complexity index is 2770. The minimum Gasteiger partial charge on any atom is -0.494 e. The molecule has 0 atom stereocenters. The van der Waals surface area contributed by atoms with Gasteiger partial charge in [0.1, 0.15) is 40.1 Å². The first-order chi connectivity index (χ1) is 31.9. The molecule has 1 spiro atoms. The number of hydrogen-bond donors (Lipinski definition) is 5. The average Bonchev–Trinajstić information content (AvgIpc) is 4.08. The molecular weight excluding hydrogens is 851 g/mol. The van der Waals surface area contributed by atoms with Crippen molar-refractivity contribution >= 4 is 58.0 Å². The SMILES string of the molecule is CCc1nc(C)oc1C(=O)Nc1nc2cc(C=O)cc(OCCCN3CC4(CNCCO4)C3)c2n1C/C=C/Cn1c(NC(=O)c2cc(C)nn2CC)nc2cc(C(N)=O)cc(OC)c21.CN. The number of aryl methyl sites for hydroxylation is 4. The first kappa shape index (κ1) is 47.0. The van der Waals surface area contributed by atoms with Gasteiger partial charge in [-0.3, -0.25) is 39.4 Å². The number of nitrogens with two attached hydrogens (primary N) is 2. The van der Waals surface area contributed by atoms with Gasteiger partial charge in [0.2, 0.25) is 23.6 Å². The van der Waals surface area contributed by atoms with Crippen molar-refractivity contribution in [2.24, 2.45) is 11.5 Å². The lowest BCUT2D eigenvalue weighted by Gasteiger charge is -2.51. The Labute approximate surface area is 380 Å². The number of aromatic nitrogens is 7. The number of allylic oxidation sites excluding steroid dienone is 2. The Kier molecular flexibility index (Phi) is 14.6. The predicted octanol–water partition coefficient (Wildman–Crippen LogP) is 3.47. The van der Waals surface area contributed by atoms with E-state index in [1.165, 1.54) is 20.2 Å². The number of imidazole rings is 2. The van der Waals surface area contributed by atoms with E-state index in [1.54, 1.807) is 51.9 Å². The van der Waals surface area contributed by atoms with Crippen LogP contribution in [-0.2, 0) is 30.8 Å². The van der Waals surface area contributed by atoms with Crippen LogP contribution in [0.5, 0.6) is 11.5 Å². The first-order valence-corrected chi connectivity index (χ1v) is 21.9. The van der Waals surface area contributed by atoms with Crippen LogP contribution in [0.2, 0.25) is 0 Å². The third-order valence-corrected chi connectivity index (χ3v) is 11.3. The Morgan fingerprint density at radius 2 is 1.61 bits per heavy atom. The van der Waals surface area contributed by atoms with Gasteiger partial charge in [-0.15, -0.1) is 0 Å². The van der Waals surface area contributed by atoms with Gasteiger partial charge in [-0.2, -0.15) is 5.10 Å². The van der Waals surface area contributed by atoms with E-state index in [0.717, 1.165) is 45.4 Å². The molecule has 2 aliphatic rings. The second kappa shape index (κ2) is 20.5. The summed E-state index contributed by atoms with van der Waals surface area (Å²) in [5.41, 5.74) is 14.0. The van der Waals surface area contributed by atoms with Crippen LogP contribution in [0, 0.1) is 13.8 Å². The maximum atomic E-state index is 13.8. The molecule has 8 rings (SSSR count). The van der Waals surface area contributed by atoms with Gasteiger partial charge in [0, 0.05) is 70.4 Å². The normalized spacial score (nSPS) is 14.6. The molecule has 6 aromatic rings. The highest BCUT2D eigenvalue weighted by atomic mass is 16.5. The number of rotatable bonds is 18. The number of oxazole rings is 1. The molecule has 2 aliphatic heterocycles. The fraction of sp³-hybridized carbons (Fsp3) is 0.422. The molecule has 350 valence electrons. The second-order valence-electron chi connectivity index (χ2n) is 15.9. The van der Waals surface area contributed by atoms with E-state index in [9.17, 15) is 19.2 Å². The number of primary amides is 1. The summed E-state index contributed by atoms with van der Waals surface area (Å²) in [7, 11) is 2.97. The number of benzene rings is 2. The van der Waals surface area contributed by atoms with Crippen molar-refractivity contribution in [3.63, 3.8) is 0 Å². The molecular formula is C45H57N13O8. The van der Waals surface area contributed by atoms with Crippen LogP contribution in [0.1, 0.15) is 79.3 Å². The summed E-state index contributed by atoms with van der Waals surface area (Å²) < 4.78 is 29.0. The van der Waals surface area contributed by atoms with E-state index < -0.39 is 17.7 Å². The molecule has 21 heteroatoms. The van der Waals surface area contributed by atoms with Gasteiger partial charge in [-0.25, -0.2) is 15.0 Å². The van der Waals surface area contributed by atoms with E-state index in [2.05, 4.69) is 36.7 Å². The molecule has 66 heavy (non-hydrogen) atoms. The third-order valence-electron chi connectivity index (χ3n) is 11.3. The third kappa shape index (κ3) is 9.83. The molecule has 6 heterocycles. The number of aldehydes is 1. The fourth-order valence-corrected chi connectivity index (χ4v) is 8.35. The largest absolute Gasteiger partial charge is 0.494 e. The lowest BCUT2D eigenvalue weighted by atomic mass is 9.92. The number of morpholine rings is 1. The number of methoxy groups -OCH3 is 1. The number of ether oxygens (including phenoxy) is 3. The van der Waals surface area contributed by atoms with E-state index >= 15 is 0 Å². The second-order valence-corrected chi connectivity index (χ2v) is 15.9. The van der Waals surface area contributed by atoms with Crippen LogP contribution in [0.4, 0.5) is 11.9 Å². The number of hydrogen-bond acceptors (Lipinski definition) is 15. The van der Waals surface area contributed by atoms with Gasteiger partial charge in [0.25, 0.3) is 11.8 Å². The Hall–Kier alpha value is -6.94. The summed E-state index contributed by atoms with van der Waals surface area (Å²) in [6, 6.07) is 8.07. The molecule has 7 N–H and O–H groups in total. The van der Waals surface area contributed by atoms with Gasteiger partial charge in [0.05, 0.1) is 42.7 Å². The van der Waals surface area contributed by atoms with Crippen LogP contribution in [0.15, 0.2) is 46.9 Å². The fourth-order valence-electron chi connectivity index (χ4n) is 8.35. The van der Waals surface area contributed by atoms with Crippen molar-refractivity contribution in [3.8, 4) is 11.5 Å². The molecule has 0 saturated carbocycles. The van der Waals surface area contributed by atoms with E-state index in [0.29, 0.717) is 88.3 Å². The van der Waals surface area contributed by atoms with Gasteiger partial charge >= 0.3 is 0 Å². The van der Waals surface area contributed by atoms with Crippen LogP contribution < -0.4 is 36.9 Å². The van der Waals surface area contributed by atoms with Gasteiger partial charge < -0.3 is 44.5 Å². The molecule has 4 aromatic heterocycles. The summed E-state index contributed by atoms with van der Waals surface area (Å²) in [6.07, 6.45) is 5.65. The zero-order valence-electron chi connectivity index (χ0n) is 38.1. The number of carbonyl (C=O) groups excluding carboxylic acids is 4. The standard InChI is InChI=1S/C44H52N12O8.CH5N/c1-6-30-38(64-27(4)47-30)41(60)51-43-48-31-18-28(22-57)19-35(62-15-10-12-53-24-44(25-53)23-46-11-16-63-44)37(31)55(43)14-9-8-13-54-36-32(20-29(39(45)58)21-34(36)61-5)49-42(54)50-40(59)33-17-26(3)52-56(33)7-2;1-2/h8-9,17-22,46H,6-7,10-16,23-25H2,1-5H3,(H2,45,58)(H,48,51,60)(H,49,50,59);2H2,1H3/b9-8+;. The van der Waals surface area contributed by atoms with Crippen LogP contribution >= 0.6 is 0 Å². The first-order valence-electron chi connectivity index (χ1n) is 21.9. The molecule has 3 amide bonds. The highest BCUT2D eigenvalue weighted by molar-refractivity contribution is 6.05. The number of anilines is 2. The van der Waals surface area contributed by atoms with Crippen LogP contribution in [-0.4, -0.2) is 128 Å². The summed E-state index contributed by atoms with van der Waals surface area (Å²) in [5, 5.41) is 13.7. The number of likely N-dealkylation sites (tertiary alicyclic amines) is 1. The molecule has 2 aromatic carbocycles. The smallest absolute Gasteiger partial charge is 0.295 e. The van der Waals surface area contributed by atoms with Crippen molar-refractivity contribution in [2.45, 2.75) is 65.8 Å². The summed E-state index contributed by atoms with van der Waals surface area (Å²) >= 11 is 0. The number of carbonyl (C=O) groups is 4. The van der Waals surface area contributed by atoms with E-state index in [1.807, 2.05) is 26.0 Å². The molecule has 0 bridgehead atoms. The van der Waals surface area contributed by atoms with E-state index in [4.69, 9.17) is 34.3 Å². The molecule has 0 aliphatic carbocycles. The number of nitrogens with zero attached hydrogens (tertiary/aromatic N) is 8. The van der Waals surface area contributed by atoms with Gasteiger partial charge in [-0.05, 0) is 64.1 Å². The molecule has 2 fully saturated rings. The van der Waals surface area contributed by atoms with Gasteiger partial charge in [-0.1, -0.05) is 19.1 Å². The molecule has 2 saturated heterocycles. The minimum atomic E-state index is -0.664. The highest BCUT2D eigenvalue weighted by Crippen LogP contribution is 2.33. The van der Waals surface area contributed by atoms with Gasteiger partial charge in [0.15, 0.2) is 5.89 Å². The van der Waals surface area contributed by atoms with Crippen LogP contribution in [0.3, 0.4) is 0 Å². The molecule has 0 unspecified atom stereocenters.